The number of likely N-dealkylation sites (tertiary alicyclic amines) is 1. The normalized spacial score (nSPS) is 26.3. The third-order valence-corrected chi connectivity index (χ3v) is 6.53. The van der Waals surface area contributed by atoms with Gasteiger partial charge in [-0.15, -0.1) is 11.3 Å². The molecule has 2 aliphatic rings. The Balaban J connectivity index is 1.84. The number of nitrogens with zero attached hydrogens (tertiary/aromatic N) is 3. The van der Waals surface area contributed by atoms with Crippen LogP contribution in [0.4, 0.5) is 0 Å². The summed E-state index contributed by atoms with van der Waals surface area (Å²) in [7, 11) is 5.69. The molecule has 3 rings (SSSR count). The Kier molecular flexibility index (Phi) is 6.20. The molecule has 0 radical (unpaired) electrons. The molecule has 2 fully saturated rings. The molecule has 2 aliphatic heterocycles. The molecule has 7 nitrogen and oxygen atoms in total. The summed E-state index contributed by atoms with van der Waals surface area (Å²) in [6.07, 6.45) is 0. The van der Waals surface area contributed by atoms with E-state index < -0.39 is 0 Å². The Hall–Kier alpha value is -1.48. The first-order chi connectivity index (χ1) is 12.9. The first-order valence-electron chi connectivity index (χ1n) is 9.21. The third kappa shape index (κ3) is 4.18. The molecule has 8 heteroatoms. The van der Waals surface area contributed by atoms with Crippen molar-refractivity contribution in [3.8, 4) is 0 Å². The van der Waals surface area contributed by atoms with Crippen LogP contribution in [0.2, 0.25) is 0 Å². The van der Waals surface area contributed by atoms with Crippen molar-refractivity contribution in [1.82, 2.24) is 14.7 Å². The summed E-state index contributed by atoms with van der Waals surface area (Å²) < 4.78 is 10.9. The van der Waals surface area contributed by atoms with Crippen LogP contribution in [0.1, 0.15) is 15.2 Å². The monoisotopic (exact) mass is 395 g/mol. The van der Waals surface area contributed by atoms with E-state index in [1.54, 1.807) is 7.11 Å². The predicted octanol–water partition coefficient (Wildman–Crippen LogP) is 0.934. The van der Waals surface area contributed by atoms with Gasteiger partial charge in [-0.2, -0.15) is 0 Å². The van der Waals surface area contributed by atoms with Crippen molar-refractivity contribution in [3.63, 3.8) is 0 Å². The smallest absolute Gasteiger partial charge is 0.264 e. The zero-order valence-electron chi connectivity index (χ0n) is 16.6. The van der Waals surface area contributed by atoms with E-state index in [4.69, 9.17) is 9.47 Å². The number of ether oxygens (including phenoxy) is 2. The van der Waals surface area contributed by atoms with E-state index in [9.17, 15) is 9.59 Å². The number of likely N-dealkylation sites (N-methyl/N-ethyl adjacent to an activating group) is 1. The number of carbonyl (C=O) groups is 2. The number of methoxy groups -OCH3 is 1. The average molecular weight is 396 g/mol. The molecule has 1 aromatic rings. The van der Waals surface area contributed by atoms with Crippen molar-refractivity contribution in [2.24, 2.45) is 5.41 Å². The molecule has 0 unspecified atom stereocenters. The van der Waals surface area contributed by atoms with Crippen molar-refractivity contribution in [2.75, 3.05) is 67.2 Å². The van der Waals surface area contributed by atoms with Crippen molar-refractivity contribution >= 4 is 23.2 Å². The van der Waals surface area contributed by atoms with Gasteiger partial charge in [-0.3, -0.25) is 9.59 Å². The Labute approximate surface area is 164 Å². The minimum Gasteiger partial charge on any atom is -0.383 e. The number of thiophene rings is 1. The first kappa shape index (κ1) is 20.3. The molecule has 0 N–H and O–H groups in total. The molecule has 2 amide bonds. The lowest BCUT2D eigenvalue weighted by Gasteiger charge is -2.38. The number of rotatable bonds is 5. The number of amides is 2. The minimum atomic E-state index is -0.300. The number of hydrogen-bond acceptors (Lipinski definition) is 6. The quantitative estimate of drug-likeness (QED) is 0.742. The maximum Gasteiger partial charge on any atom is 0.264 e. The van der Waals surface area contributed by atoms with Crippen LogP contribution in [0.3, 0.4) is 0 Å². The van der Waals surface area contributed by atoms with Gasteiger partial charge < -0.3 is 24.2 Å². The Morgan fingerprint density at radius 1 is 1.44 bits per heavy atom. The molecule has 3 heterocycles. The van der Waals surface area contributed by atoms with Crippen LogP contribution >= 0.6 is 11.3 Å². The number of hydrogen-bond donors (Lipinski definition) is 0. The molecule has 27 heavy (non-hydrogen) atoms. The van der Waals surface area contributed by atoms with Gasteiger partial charge in [0.1, 0.15) is 6.61 Å². The van der Waals surface area contributed by atoms with Crippen molar-refractivity contribution in [2.45, 2.75) is 13.0 Å². The summed E-state index contributed by atoms with van der Waals surface area (Å²) in [6.45, 7) is 5.39. The lowest BCUT2D eigenvalue weighted by molar-refractivity contribution is -0.134. The number of aryl methyl sites for hydroxylation is 1. The lowest BCUT2D eigenvalue weighted by atomic mass is 9.82. The standard InChI is InChI=1S/C19H29N3O4S/c1-14-7-15(27-10-14)18(24)22-8-16(20(2)3)19(12-22)11-21(5-6-25-4)17(23)9-26-13-19/h7,10,16H,5-6,8-9,11-13H2,1-4H3/t16-,19-/m1/s1. The van der Waals surface area contributed by atoms with E-state index in [1.165, 1.54) is 11.3 Å². The molecule has 2 saturated heterocycles. The van der Waals surface area contributed by atoms with Crippen LogP contribution in [0.5, 0.6) is 0 Å². The average Bonchev–Trinajstić information content (AvgIpc) is 3.18. The predicted molar refractivity (Wildman–Crippen MR) is 104 cm³/mol. The Bertz CT molecular complexity index is 692. The van der Waals surface area contributed by atoms with Crippen molar-refractivity contribution in [3.05, 3.63) is 21.9 Å². The highest BCUT2D eigenvalue weighted by Crippen LogP contribution is 2.37. The summed E-state index contributed by atoms with van der Waals surface area (Å²) in [6, 6.07) is 2.07. The fourth-order valence-electron chi connectivity index (χ4n) is 4.17. The topological polar surface area (TPSA) is 62.3 Å². The van der Waals surface area contributed by atoms with Gasteiger partial charge in [-0.1, -0.05) is 0 Å². The zero-order chi connectivity index (χ0) is 19.6. The van der Waals surface area contributed by atoms with E-state index >= 15 is 0 Å². The maximum absolute atomic E-state index is 13.0. The van der Waals surface area contributed by atoms with Crippen LogP contribution in [0.25, 0.3) is 0 Å². The van der Waals surface area contributed by atoms with Gasteiger partial charge in [-0.25, -0.2) is 0 Å². The summed E-state index contributed by atoms with van der Waals surface area (Å²) in [4.78, 5) is 32.1. The van der Waals surface area contributed by atoms with Crippen molar-refractivity contribution < 1.29 is 19.1 Å². The Morgan fingerprint density at radius 3 is 2.85 bits per heavy atom. The first-order valence-corrected chi connectivity index (χ1v) is 10.1. The summed E-state index contributed by atoms with van der Waals surface area (Å²) >= 11 is 1.49. The Morgan fingerprint density at radius 2 is 2.22 bits per heavy atom. The van der Waals surface area contributed by atoms with Gasteiger partial charge >= 0.3 is 0 Å². The van der Waals surface area contributed by atoms with Crippen LogP contribution in [0.15, 0.2) is 11.4 Å². The highest BCUT2D eigenvalue weighted by Gasteiger charge is 2.52. The molecule has 1 aromatic heterocycles. The molecule has 2 atom stereocenters. The van der Waals surface area contributed by atoms with Gasteiger partial charge in [-0.05, 0) is 38.0 Å². The molecule has 0 saturated carbocycles. The van der Waals surface area contributed by atoms with Gasteiger partial charge in [0.2, 0.25) is 5.91 Å². The minimum absolute atomic E-state index is 0.0138. The van der Waals surface area contributed by atoms with Gasteiger partial charge in [0.05, 0.1) is 18.1 Å². The van der Waals surface area contributed by atoms with E-state index in [1.807, 2.05) is 42.3 Å². The molecule has 150 valence electrons. The largest absolute Gasteiger partial charge is 0.383 e. The zero-order valence-corrected chi connectivity index (χ0v) is 17.4. The molecular formula is C19H29N3O4S. The van der Waals surface area contributed by atoms with Gasteiger partial charge in [0, 0.05) is 44.7 Å². The van der Waals surface area contributed by atoms with Gasteiger partial charge in [0.15, 0.2) is 0 Å². The van der Waals surface area contributed by atoms with E-state index in [0.717, 1.165) is 10.4 Å². The van der Waals surface area contributed by atoms with Crippen LogP contribution in [-0.4, -0.2) is 99.8 Å². The van der Waals surface area contributed by atoms with Crippen LogP contribution in [0, 0.1) is 12.3 Å². The maximum atomic E-state index is 13.0. The SMILES string of the molecule is COCCN1C[C@]2(COCC1=O)CN(C(=O)c1cc(C)cs1)C[C@H]2N(C)C. The second-order valence-electron chi connectivity index (χ2n) is 7.82. The second-order valence-corrected chi connectivity index (χ2v) is 8.73. The van der Waals surface area contributed by atoms with Crippen LogP contribution < -0.4 is 0 Å². The molecule has 0 bridgehead atoms. The number of carbonyl (C=O) groups excluding carboxylic acids is 2. The van der Waals surface area contributed by atoms with Crippen LogP contribution in [-0.2, 0) is 14.3 Å². The fourth-order valence-corrected chi connectivity index (χ4v) is 5.03. The summed E-state index contributed by atoms with van der Waals surface area (Å²) in [5.74, 6) is 0.0518. The third-order valence-electron chi connectivity index (χ3n) is 5.50. The second kappa shape index (κ2) is 8.26. The highest BCUT2D eigenvalue weighted by atomic mass is 32.1. The van der Waals surface area contributed by atoms with Gasteiger partial charge in [0.25, 0.3) is 5.91 Å². The molecule has 0 aromatic carbocycles. The molecule has 1 spiro atoms. The van der Waals surface area contributed by atoms with E-state index in [2.05, 4.69) is 4.90 Å². The summed E-state index contributed by atoms with van der Waals surface area (Å²) in [5, 5.41) is 2.00. The fraction of sp³-hybridized carbons (Fsp3) is 0.684. The highest BCUT2D eigenvalue weighted by molar-refractivity contribution is 7.12. The molecule has 0 aliphatic carbocycles. The van der Waals surface area contributed by atoms with E-state index in [-0.39, 0.29) is 29.9 Å². The molecular weight excluding hydrogens is 366 g/mol. The van der Waals surface area contributed by atoms with E-state index in [0.29, 0.717) is 39.4 Å². The lowest BCUT2D eigenvalue weighted by Crippen LogP contribution is -2.52. The van der Waals surface area contributed by atoms with Crippen molar-refractivity contribution in [1.29, 1.82) is 0 Å². The summed E-state index contributed by atoms with van der Waals surface area (Å²) in [5.41, 5.74) is 0.807.